The quantitative estimate of drug-likeness (QED) is 0.794. The number of rotatable bonds is 2. The first-order chi connectivity index (χ1) is 11.0. The van der Waals surface area contributed by atoms with Crippen LogP contribution in [0.1, 0.15) is 21.5 Å². The number of halogens is 1. The molecule has 0 aromatic heterocycles. The number of benzene rings is 2. The molecule has 120 valence electrons. The minimum Gasteiger partial charge on any atom is -0.368 e. The van der Waals surface area contributed by atoms with Gasteiger partial charge in [-0.15, -0.1) is 0 Å². The van der Waals surface area contributed by atoms with E-state index in [4.69, 9.17) is 0 Å². The Bertz CT molecular complexity index is 704. The van der Waals surface area contributed by atoms with Gasteiger partial charge >= 0.3 is 0 Å². The van der Waals surface area contributed by atoms with Crippen molar-refractivity contribution in [3.8, 4) is 0 Å². The maximum Gasteiger partial charge on any atom is 0.253 e. The fraction of sp³-hybridized carbons (Fsp3) is 0.316. The van der Waals surface area contributed by atoms with Crippen LogP contribution in [0, 0.1) is 13.8 Å². The van der Waals surface area contributed by atoms with Crippen molar-refractivity contribution < 1.29 is 4.79 Å². The van der Waals surface area contributed by atoms with Crippen LogP contribution in [-0.2, 0) is 0 Å². The molecular formula is C19H21BrN2O. The predicted molar refractivity (Wildman–Crippen MR) is 98.2 cm³/mol. The van der Waals surface area contributed by atoms with Gasteiger partial charge < -0.3 is 9.80 Å². The summed E-state index contributed by atoms with van der Waals surface area (Å²) in [5.74, 6) is 0.136. The molecule has 0 radical (unpaired) electrons. The molecule has 3 nitrogen and oxygen atoms in total. The number of anilines is 1. The summed E-state index contributed by atoms with van der Waals surface area (Å²) in [6, 6.07) is 14.2. The number of carbonyl (C=O) groups is 1. The van der Waals surface area contributed by atoms with Gasteiger partial charge in [-0.2, -0.15) is 0 Å². The van der Waals surface area contributed by atoms with Crippen LogP contribution in [0.25, 0.3) is 0 Å². The average Bonchev–Trinajstić information content (AvgIpc) is 2.55. The van der Waals surface area contributed by atoms with E-state index >= 15 is 0 Å². The predicted octanol–water partition coefficient (Wildman–Crippen LogP) is 4.03. The Hall–Kier alpha value is -1.81. The molecule has 0 saturated carbocycles. The highest BCUT2D eigenvalue weighted by atomic mass is 79.9. The van der Waals surface area contributed by atoms with Crippen molar-refractivity contribution in [2.24, 2.45) is 0 Å². The van der Waals surface area contributed by atoms with Gasteiger partial charge in [-0.05, 0) is 49.7 Å². The topological polar surface area (TPSA) is 23.6 Å². The van der Waals surface area contributed by atoms with E-state index in [1.165, 1.54) is 16.8 Å². The molecule has 23 heavy (non-hydrogen) atoms. The van der Waals surface area contributed by atoms with Gasteiger partial charge in [0, 0.05) is 41.9 Å². The summed E-state index contributed by atoms with van der Waals surface area (Å²) in [6.45, 7) is 7.45. The highest BCUT2D eigenvalue weighted by Crippen LogP contribution is 2.25. The number of amides is 1. The summed E-state index contributed by atoms with van der Waals surface area (Å²) in [4.78, 5) is 16.9. The van der Waals surface area contributed by atoms with Crippen molar-refractivity contribution in [1.82, 2.24) is 4.90 Å². The molecule has 0 bridgehead atoms. The zero-order valence-electron chi connectivity index (χ0n) is 13.6. The number of hydrogen-bond acceptors (Lipinski definition) is 2. The van der Waals surface area contributed by atoms with E-state index in [2.05, 4.69) is 46.0 Å². The molecule has 1 saturated heterocycles. The Morgan fingerprint density at radius 1 is 0.957 bits per heavy atom. The zero-order valence-corrected chi connectivity index (χ0v) is 15.1. The van der Waals surface area contributed by atoms with Gasteiger partial charge in [0.05, 0.1) is 0 Å². The van der Waals surface area contributed by atoms with Crippen LogP contribution in [0.2, 0.25) is 0 Å². The Morgan fingerprint density at radius 2 is 1.61 bits per heavy atom. The lowest BCUT2D eigenvalue weighted by Crippen LogP contribution is -2.49. The number of hydrogen-bond donors (Lipinski definition) is 0. The first kappa shape index (κ1) is 16.1. The second kappa shape index (κ2) is 6.75. The monoisotopic (exact) mass is 372 g/mol. The van der Waals surface area contributed by atoms with Crippen molar-refractivity contribution >= 4 is 27.5 Å². The minimum absolute atomic E-state index is 0.136. The van der Waals surface area contributed by atoms with Crippen LogP contribution in [-0.4, -0.2) is 37.0 Å². The number of piperazine rings is 1. The maximum absolute atomic E-state index is 12.6. The molecule has 1 fully saturated rings. The lowest BCUT2D eigenvalue weighted by atomic mass is 10.1. The Balaban J connectivity index is 1.66. The highest BCUT2D eigenvalue weighted by molar-refractivity contribution is 9.10. The van der Waals surface area contributed by atoms with Gasteiger partial charge in [0.1, 0.15) is 0 Å². The lowest BCUT2D eigenvalue weighted by molar-refractivity contribution is 0.0747. The first-order valence-electron chi connectivity index (χ1n) is 7.91. The second-order valence-corrected chi connectivity index (χ2v) is 6.99. The van der Waals surface area contributed by atoms with Gasteiger partial charge in [0.25, 0.3) is 5.91 Å². The Morgan fingerprint density at radius 3 is 2.22 bits per heavy atom. The molecule has 0 spiro atoms. The molecule has 2 aromatic rings. The van der Waals surface area contributed by atoms with Crippen molar-refractivity contribution in [3.05, 3.63) is 63.6 Å². The molecule has 0 atom stereocenters. The third kappa shape index (κ3) is 3.58. The molecule has 4 heteroatoms. The fourth-order valence-corrected chi connectivity index (χ4v) is 3.48. The van der Waals surface area contributed by atoms with Gasteiger partial charge in [-0.25, -0.2) is 0 Å². The van der Waals surface area contributed by atoms with Crippen LogP contribution >= 0.6 is 15.9 Å². The summed E-state index contributed by atoms with van der Waals surface area (Å²) in [5, 5.41) is 0. The standard InChI is InChI=1S/C19H21BrN2O/c1-14-3-5-16(6-4-14)19(23)22-11-9-21(10-12-22)18-8-7-17(20)13-15(18)2/h3-8,13H,9-12H2,1-2H3. The summed E-state index contributed by atoms with van der Waals surface area (Å²) >= 11 is 3.51. The Labute approximate surface area is 146 Å². The normalized spacial score (nSPS) is 14.9. The lowest BCUT2D eigenvalue weighted by Gasteiger charge is -2.37. The van der Waals surface area contributed by atoms with Crippen LogP contribution in [0.5, 0.6) is 0 Å². The largest absolute Gasteiger partial charge is 0.368 e. The molecule has 3 rings (SSSR count). The zero-order chi connectivity index (χ0) is 16.4. The van der Waals surface area contributed by atoms with Crippen LogP contribution in [0.4, 0.5) is 5.69 Å². The van der Waals surface area contributed by atoms with Crippen LogP contribution in [0.3, 0.4) is 0 Å². The van der Waals surface area contributed by atoms with E-state index in [0.29, 0.717) is 0 Å². The van der Waals surface area contributed by atoms with Crippen LogP contribution < -0.4 is 4.90 Å². The van der Waals surface area contributed by atoms with E-state index < -0.39 is 0 Å². The van der Waals surface area contributed by atoms with E-state index in [9.17, 15) is 4.79 Å². The van der Waals surface area contributed by atoms with Crippen LogP contribution in [0.15, 0.2) is 46.9 Å². The van der Waals surface area contributed by atoms with E-state index in [-0.39, 0.29) is 5.91 Å². The number of carbonyl (C=O) groups excluding carboxylic acids is 1. The van der Waals surface area contributed by atoms with Crippen molar-refractivity contribution in [3.63, 3.8) is 0 Å². The molecular weight excluding hydrogens is 352 g/mol. The van der Waals surface area contributed by atoms with Crippen molar-refractivity contribution in [1.29, 1.82) is 0 Å². The van der Waals surface area contributed by atoms with Gasteiger partial charge in [0.15, 0.2) is 0 Å². The highest BCUT2D eigenvalue weighted by Gasteiger charge is 2.22. The fourth-order valence-electron chi connectivity index (χ4n) is 3.00. The number of nitrogens with zero attached hydrogens (tertiary/aromatic N) is 2. The summed E-state index contributed by atoms with van der Waals surface area (Å²) in [6.07, 6.45) is 0. The molecule has 1 amide bonds. The van der Waals surface area contributed by atoms with Gasteiger partial charge in [-0.3, -0.25) is 4.79 Å². The number of aryl methyl sites for hydroxylation is 2. The summed E-state index contributed by atoms with van der Waals surface area (Å²) < 4.78 is 1.10. The average molecular weight is 373 g/mol. The molecule has 1 aliphatic heterocycles. The minimum atomic E-state index is 0.136. The summed E-state index contributed by atoms with van der Waals surface area (Å²) in [7, 11) is 0. The second-order valence-electron chi connectivity index (χ2n) is 6.08. The Kier molecular flexibility index (Phi) is 4.71. The maximum atomic E-state index is 12.6. The van der Waals surface area contributed by atoms with Gasteiger partial charge in [-0.1, -0.05) is 33.6 Å². The SMILES string of the molecule is Cc1ccc(C(=O)N2CCN(c3ccc(Br)cc3C)CC2)cc1. The molecule has 1 aliphatic rings. The van der Waals surface area contributed by atoms with E-state index in [0.717, 1.165) is 36.2 Å². The molecule has 1 heterocycles. The molecule has 0 aliphatic carbocycles. The third-order valence-corrected chi connectivity index (χ3v) is 4.86. The first-order valence-corrected chi connectivity index (χ1v) is 8.71. The van der Waals surface area contributed by atoms with Crippen molar-refractivity contribution in [2.75, 3.05) is 31.1 Å². The van der Waals surface area contributed by atoms with Crippen molar-refractivity contribution in [2.45, 2.75) is 13.8 Å². The summed E-state index contributed by atoms with van der Waals surface area (Å²) in [5.41, 5.74) is 4.48. The molecule has 2 aromatic carbocycles. The van der Waals surface area contributed by atoms with Gasteiger partial charge in [0.2, 0.25) is 0 Å². The third-order valence-electron chi connectivity index (χ3n) is 4.36. The van der Waals surface area contributed by atoms with E-state index in [1.54, 1.807) is 0 Å². The smallest absolute Gasteiger partial charge is 0.253 e. The van der Waals surface area contributed by atoms with E-state index in [1.807, 2.05) is 36.1 Å². The molecule has 0 N–H and O–H groups in total. The molecule has 0 unspecified atom stereocenters.